The van der Waals surface area contributed by atoms with Crippen LogP contribution in [0, 0.1) is 11.8 Å². The van der Waals surface area contributed by atoms with Crippen molar-refractivity contribution in [2.45, 2.75) is 6.10 Å². The van der Waals surface area contributed by atoms with Crippen molar-refractivity contribution >= 4 is 0 Å². The van der Waals surface area contributed by atoms with Gasteiger partial charge in [0.1, 0.15) is 6.10 Å². The molecule has 0 amide bonds. The summed E-state index contributed by atoms with van der Waals surface area (Å²) < 4.78 is 27.5. The summed E-state index contributed by atoms with van der Waals surface area (Å²) >= 11 is 0. The molecule has 1 aliphatic rings. The third kappa shape index (κ3) is 8.70. The Labute approximate surface area is 137 Å². The molecule has 0 radical (unpaired) electrons. The van der Waals surface area contributed by atoms with Crippen LogP contribution in [0.4, 0.5) is 0 Å². The van der Waals surface area contributed by atoms with Crippen LogP contribution in [0.1, 0.15) is 5.56 Å². The van der Waals surface area contributed by atoms with Gasteiger partial charge < -0.3 is 23.7 Å². The molecule has 1 fully saturated rings. The van der Waals surface area contributed by atoms with Crippen molar-refractivity contribution in [2.75, 3.05) is 59.5 Å². The first kappa shape index (κ1) is 17.9. The van der Waals surface area contributed by atoms with Gasteiger partial charge in [0.15, 0.2) is 0 Å². The zero-order valence-electron chi connectivity index (χ0n) is 13.4. The van der Waals surface area contributed by atoms with Gasteiger partial charge in [0.2, 0.25) is 0 Å². The van der Waals surface area contributed by atoms with Crippen molar-refractivity contribution in [3.05, 3.63) is 35.9 Å². The molecule has 0 aliphatic carbocycles. The van der Waals surface area contributed by atoms with Gasteiger partial charge in [-0.1, -0.05) is 30.0 Å². The van der Waals surface area contributed by atoms with Crippen LogP contribution in [-0.2, 0) is 23.7 Å². The van der Waals surface area contributed by atoms with E-state index in [0.29, 0.717) is 59.5 Å². The number of benzene rings is 1. The quantitative estimate of drug-likeness (QED) is 0.678. The topological polar surface area (TPSA) is 46.2 Å². The minimum atomic E-state index is -0.278. The Balaban J connectivity index is 1.83. The molecule has 5 nitrogen and oxygen atoms in total. The van der Waals surface area contributed by atoms with E-state index >= 15 is 0 Å². The van der Waals surface area contributed by atoms with E-state index in [1.165, 1.54) is 0 Å². The van der Waals surface area contributed by atoms with E-state index in [4.69, 9.17) is 23.7 Å². The predicted molar refractivity (Wildman–Crippen MR) is 86.3 cm³/mol. The summed E-state index contributed by atoms with van der Waals surface area (Å²) in [6, 6.07) is 9.83. The molecule has 0 saturated carbocycles. The molecule has 1 saturated heterocycles. The maximum absolute atomic E-state index is 5.73. The minimum absolute atomic E-state index is 0.278. The second kappa shape index (κ2) is 12.1. The lowest BCUT2D eigenvalue weighted by atomic mass is 10.2. The van der Waals surface area contributed by atoms with Gasteiger partial charge in [-0.25, -0.2) is 0 Å². The highest BCUT2D eigenvalue weighted by molar-refractivity contribution is 5.34. The lowest BCUT2D eigenvalue weighted by Crippen LogP contribution is -2.22. The normalized spacial score (nSPS) is 22.2. The number of rotatable bonds is 0. The van der Waals surface area contributed by atoms with Gasteiger partial charge in [-0.3, -0.25) is 0 Å². The van der Waals surface area contributed by atoms with Gasteiger partial charge in [0.25, 0.3) is 0 Å². The number of ether oxygens (including phenoxy) is 5. The monoisotopic (exact) mass is 320 g/mol. The van der Waals surface area contributed by atoms with E-state index in [9.17, 15) is 0 Å². The van der Waals surface area contributed by atoms with Crippen LogP contribution >= 0.6 is 0 Å². The summed E-state index contributed by atoms with van der Waals surface area (Å²) in [4.78, 5) is 0. The first-order valence-corrected chi connectivity index (χ1v) is 7.94. The van der Waals surface area contributed by atoms with Gasteiger partial charge in [-0.15, -0.1) is 0 Å². The van der Waals surface area contributed by atoms with Gasteiger partial charge in [-0.2, -0.15) is 0 Å². The Bertz CT molecular complexity index is 449. The van der Waals surface area contributed by atoms with Crippen LogP contribution < -0.4 is 0 Å². The van der Waals surface area contributed by atoms with Crippen LogP contribution in [0.5, 0.6) is 0 Å². The maximum Gasteiger partial charge on any atom is 0.141 e. The zero-order chi connectivity index (χ0) is 16.0. The molecule has 0 bridgehead atoms. The Morgan fingerprint density at radius 3 is 1.91 bits per heavy atom. The summed E-state index contributed by atoms with van der Waals surface area (Å²) in [7, 11) is 0. The Morgan fingerprint density at radius 2 is 1.26 bits per heavy atom. The smallest absolute Gasteiger partial charge is 0.141 e. The van der Waals surface area contributed by atoms with E-state index in [1.54, 1.807) is 0 Å². The summed E-state index contributed by atoms with van der Waals surface area (Å²) in [5.74, 6) is 6.22. The van der Waals surface area contributed by atoms with Crippen molar-refractivity contribution < 1.29 is 23.7 Å². The number of hydrogen-bond donors (Lipinski definition) is 0. The zero-order valence-corrected chi connectivity index (χ0v) is 13.4. The van der Waals surface area contributed by atoms with Gasteiger partial charge in [0.05, 0.1) is 59.5 Å². The van der Waals surface area contributed by atoms with Crippen molar-refractivity contribution in [1.29, 1.82) is 0 Å². The Morgan fingerprint density at radius 1 is 0.696 bits per heavy atom. The van der Waals surface area contributed by atoms with E-state index in [1.807, 2.05) is 30.3 Å². The highest BCUT2D eigenvalue weighted by Crippen LogP contribution is 1.98. The van der Waals surface area contributed by atoms with E-state index in [0.717, 1.165) is 5.56 Å². The molecule has 0 spiro atoms. The molecular weight excluding hydrogens is 296 g/mol. The molecule has 1 atom stereocenters. The average Bonchev–Trinajstić information content (AvgIpc) is 2.60. The molecule has 5 heteroatoms. The van der Waals surface area contributed by atoms with Crippen molar-refractivity contribution in [3.8, 4) is 11.8 Å². The largest absolute Gasteiger partial charge is 0.377 e. The molecule has 0 aromatic heterocycles. The minimum Gasteiger partial charge on any atom is -0.377 e. The second-order valence-electron chi connectivity index (χ2n) is 4.91. The molecule has 0 N–H and O–H groups in total. The molecule has 23 heavy (non-hydrogen) atoms. The van der Waals surface area contributed by atoms with Gasteiger partial charge in [-0.05, 0) is 12.1 Å². The molecule has 126 valence electrons. The summed E-state index contributed by atoms with van der Waals surface area (Å²) in [5.41, 5.74) is 0.962. The third-order valence-electron chi connectivity index (χ3n) is 3.08. The average molecular weight is 320 g/mol. The Hall–Kier alpha value is -1.42. The molecule has 2 rings (SSSR count). The molecule has 1 aromatic carbocycles. The first-order chi connectivity index (χ1) is 11.4. The van der Waals surface area contributed by atoms with Crippen LogP contribution in [0.25, 0.3) is 0 Å². The van der Waals surface area contributed by atoms with E-state index < -0.39 is 0 Å². The molecular formula is C18H24O5. The fourth-order valence-electron chi connectivity index (χ4n) is 1.92. The first-order valence-electron chi connectivity index (χ1n) is 7.94. The Kier molecular flexibility index (Phi) is 9.40. The second-order valence-corrected chi connectivity index (χ2v) is 4.91. The lowest BCUT2D eigenvalue weighted by molar-refractivity contribution is -0.0231. The van der Waals surface area contributed by atoms with Crippen LogP contribution in [-0.4, -0.2) is 65.6 Å². The molecule has 1 heterocycles. The fraction of sp³-hybridized carbons (Fsp3) is 0.556. The van der Waals surface area contributed by atoms with E-state index in [-0.39, 0.29) is 6.10 Å². The van der Waals surface area contributed by atoms with Crippen LogP contribution in [0.3, 0.4) is 0 Å². The van der Waals surface area contributed by atoms with Crippen molar-refractivity contribution in [3.63, 3.8) is 0 Å². The highest BCUT2D eigenvalue weighted by Gasteiger charge is 2.06. The van der Waals surface area contributed by atoms with Crippen LogP contribution in [0.15, 0.2) is 30.3 Å². The van der Waals surface area contributed by atoms with Gasteiger partial charge in [0, 0.05) is 5.56 Å². The van der Waals surface area contributed by atoms with Gasteiger partial charge >= 0.3 is 0 Å². The van der Waals surface area contributed by atoms with Crippen LogP contribution in [0.2, 0.25) is 0 Å². The van der Waals surface area contributed by atoms with E-state index in [2.05, 4.69) is 11.8 Å². The molecule has 1 aromatic rings. The fourth-order valence-corrected chi connectivity index (χ4v) is 1.92. The maximum atomic E-state index is 5.73. The summed E-state index contributed by atoms with van der Waals surface area (Å²) in [6.07, 6.45) is -0.278. The van der Waals surface area contributed by atoms with Crippen molar-refractivity contribution in [2.24, 2.45) is 0 Å². The summed E-state index contributed by atoms with van der Waals surface area (Å²) in [5, 5.41) is 0. The SMILES string of the molecule is C(#CC1COCCOCCOCCOCCO1)c1ccccc1. The molecule has 1 unspecified atom stereocenters. The predicted octanol–water partition coefficient (Wildman–Crippen LogP) is 1.50. The summed E-state index contributed by atoms with van der Waals surface area (Å²) in [6.45, 7) is 4.73. The lowest BCUT2D eigenvalue weighted by Gasteiger charge is -2.13. The standard InChI is InChI=1S/C18H24O5/c1-2-4-17(5-3-1)6-7-18-16-22-13-12-20-9-8-19-10-11-21-14-15-23-18/h1-5,18H,8-16H2. The molecule has 1 aliphatic heterocycles. The third-order valence-corrected chi connectivity index (χ3v) is 3.08. The number of hydrogen-bond acceptors (Lipinski definition) is 5. The van der Waals surface area contributed by atoms with Crippen molar-refractivity contribution in [1.82, 2.24) is 0 Å². The highest BCUT2D eigenvalue weighted by atomic mass is 16.6.